The summed E-state index contributed by atoms with van der Waals surface area (Å²) in [5.74, 6) is 1.95. The first-order chi connectivity index (χ1) is 10.7. The lowest BCUT2D eigenvalue weighted by Gasteiger charge is -2.28. The fourth-order valence-corrected chi connectivity index (χ4v) is 2.58. The van der Waals surface area contributed by atoms with Gasteiger partial charge in [0.15, 0.2) is 5.82 Å². The summed E-state index contributed by atoms with van der Waals surface area (Å²) in [5, 5.41) is 6.53. The predicted octanol–water partition coefficient (Wildman–Crippen LogP) is 2.97. The summed E-state index contributed by atoms with van der Waals surface area (Å²) in [6.45, 7) is 5.63. The molecule has 6 nitrogen and oxygen atoms in total. The van der Waals surface area contributed by atoms with Crippen molar-refractivity contribution in [2.24, 2.45) is 0 Å². The number of carbonyl (C=O) groups excluding carboxylic acids is 1. The smallest absolute Gasteiger partial charge is 0.323 e. The van der Waals surface area contributed by atoms with Gasteiger partial charge in [0.05, 0.1) is 6.61 Å². The van der Waals surface area contributed by atoms with Crippen molar-refractivity contribution in [3.05, 3.63) is 41.2 Å². The molecule has 0 fully saturated rings. The average molecular weight is 301 g/mol. The Morgan fingerprint density at radius 1 is 1.41 bits per heavy atom. The lowest BCUT2D eigenvalue weighted by molar-refractivity contribution is 0.206. The van der Waals surface area contributed by atoms with Gasteiger partial charge >= 0.3 is 6.03 Å². The van der Waals surface area contributed by atoms with E-state index in [2.05, 4.69) is 16.5 Å². The van der Waals surface area contributed by atoms with E-state index < -0.39 is 0 Å². The number of anilines is 1. The second kappa shape index (κ2) is 6.09. The molecular formula is C16H19N3O3. The van der Waals surface area contributed by atoms with Gasteiger partial charge in [0.1, 0.15) is 11.5 Å². The maximum Gasteiger partial charge on any atom is 0.323 e. The molecule has 3 rings (SSSR count). The molecule has 116 valence electrons. The third kappa shape index (κ3) is 3.05. The predicted molar refractivity (Wildman–Crippen MR) is 82.0 cm³/mol. The van der Waals surface area contributed by atoms with Crippen molar-refractivity contribution in [1.29, 1.82) is 0 Å². The highest BCUT2D eigenvalue weighted by Gasteiger charge is 2.21. The maximum atomic E-state index is 12.3. The molecule has 0 radical (unpaired) electrons. The Labute approximate surface area is 129 Å². The van der Waals surface area contributed by atoms with Crippen LogP contribution in [0.3, 0.4) is 0 Å². The number of fused-ring (bicyclic) bond motifs is 1. The third-order valence-corrected chi connectivity index (χ3v) is 3.65. The zero-order valence-corrected chi connectivity index (χ0v) is 12.8. The quantitative estimate of drug-likeness (QED) is 0.946. The second-order valence-electron chi connectivity index (χ2n) is 5.29. The molecule has 0 saturated carbocycles. The molecule has 1 aliphatic heterocycles. The molecule has 0 bridgehead atoms. The number of carbonyl (C=O) groups is 1. The summed E-state index contributed by atoms with van der Waals surface area (Å²) >= 11 is 0. The summed E-state index contributed by atoms with van der Waals surface area (Å²) in [4.78, 5) is 14.1. The number of aryl methyl sites for hydroxylation is 1. The number of amides is 2. The molecule has 2 amide bonds. The van der Waals surface area contributed by atoms with Gasteiger partial charge in [0, 0.05) is 19.2 Å². The van der Waals surface area contributed by atoms with Crippen molar-refractivity contribution < 1.29 is 14.1 Å². The highest BCUT2D eigenvalue weighted by Crippen LogP contribution is 2.24. The Balaban J connectivity index is 1.69. The molecule has 1 N–H and O–H groups in total. The Hall–Kier alpha value is -2.50. The van der Waals surface area contributed by atoms with Crippen LogP contribution in [0.5, 0.6) is 5.75 Å². The van der Waals surface area contributed by atoms with Crippen LogP contribution in [0.4, 0.5) is 10.6 Å². The van der Waals surface area contributed by atoms with Gasteiger partial charge in [-0.15, -0.1) is 0 Å². The third-order valence-electron chi connectivity index (χ3n) is 3.65. The van der Waals surface area contributed by atoms with Crippen LogP contribution in [0.2, 0.25) is 0 Å². The molecule has 1 aliphatic rings. The minimum atomic E-state index is -0.166. The minimum absolute atomic E-state index is 0.166. The van der Waals surface area contributed by atoms with Gasteiger partial charge in [0.2, 0.25) is 0 Å². The van der Waals surface area contributed by atoms with E-state index in [0.717, 1.165) is 17.7 Å². The Morgan fingerprint density at radius 2 is 2.27 bits per heavy atom. The summed E-state index contributed by atoms with van der Waals surface area (Å²) in [6.07, 6.45) is 0.840. The highest BCUT2D eigenvalue weighted by molar-refractivity contribution is 5.88. The van der Waals surface area contributed by atoms with E-state index in [9.17, 15) is 4.79 Å². The lowest BCUT2D eigenvalue weighted by atomic mass is 10.00. The molecule has 1 aromatic carbocycles. The van der Waals surface area contributed by atoms with Crippen LogP contribution in [-0.4, -0.2) is 29.2 Å². The second-order valence-corrected chi connectivity index (χ2v) is 5.29. The first-order valence-electron chi connectivity index (χ1n) is 7.39. The summed E-state index contributed by atoms with van der Waals surface area (Å²) in [6, 6.07) is 7.61. The van der Waals surface area contributed by atoms with E-state index in [1.165, 1.54) is 5.56 Å². The fourth-order valence-electron chi connectivity index (χ4n) is 2.58. The Bertz CT molecular complexity index is 681. The van der Waals surface area contributed by atoms with E-state index in [0.29, 0.717) is 31.3 Å². The van der Waals surface area contributed by atoms with Gasteiger partial charge < -0.3 is 14.2 Å². The Morgan fingerprint density at radius 3 is 3.00 bits per heavy atom. The molecule has 0 aliphatic carbocycles. The van der Waals surface area contributed by atoms with Crippen molar-refractivity contribution in [2.75, 3.05) is 18.5 Å². The number of ether oxygens (including phenoxy) is 1. The van der Waals surface area contributed by atoms with Crippen molar-refractivity contribution in [1.82, 2.24) is 10.1 Å². The number of nitrogens with zero attached hydrogens (tertiary/aromatic N) is 2. The van der Waals surface area contributed by atoms with Crippen molar-refractivity contribution >= 4 is 11.8 Å². The average Bonchev–Trinajstić information content (AvgIpc) is 2.92. The monoisotopic (exact) mass is 301 g/mol. The van der Waals surface area contributed by atoms with Crippen LogP contribution in [-0.2, 0) is 13.0 Å². The molecule has 0 unspecified atom stereocenters. The molecule has 1 aromatic heterocycles. The fraction of sp³-hybridized carbons (Fsp3) is 0.375. The molecule has 6 heteroatoms. The van der Waals surface area contributed by atoms with Gasteiger partial charge in [-0.1, -0.05) is 11.2 Å². The number of urea groups is 1. The zero-order chi connectivity index (χ0) is 15.5. The van der Waals surface area contributed by atoms with E-state index >= 15 is 0 Å². The number of benzene rings is 1. The summed E-state index contributed by atoms with van der Waals surface area (Å²) in [7, 11) is 0. The largest absolute Gasteiger partial charge is 0.494 e. The minimum Gasteiger partial charge on any atom is -0.494 e. The first-order valence-corrected chi connectivity index (χ1v) is 7.39. The van der Waals surface area contributed by atoms with Crippen molar-refractivity contribution in [2.45, 2.75) is 26.8 Å². The highest BCUT2D eigenvalue weighted by atomic mass is 16.5. The molecule has 22 heavy (non-hydrogen) atoms. The zero-order valence-electron chi connectivity index (χ0n) is 12.8. The van der Waals surface area contributed by atoms with Gasteiger partial charge in [-0.3, -0.25) is 5.32 Å². The van der Waals surface area contributed by atoms with E-state index in [-0.39, 0.29) is 6.03 Å². The van der Waals surface area contributed by atoms with Crippen LogP contribution < -0.4 is 10.1 Å². The number of rotatable bonds is 3. The molecule has 0 spiro atoms. The lowest BCUT2D eigenvalue weighted by Crippen LogP contribution is -2.38. The molecule has 2 heterocycles. The van der Waals surface area contributed by atoms with E-state index in [1.807, 2.05) is 19.1 Å². The Kier molecular flexibility index (Phi) is 4.00. The molecule has 0 atom stereocenters. The first kappa shape index (κ1) is 14.4. The van der Waals surface area contributed by atoms with Gasteiger partial charge in [-0.2, -0.15) is 0 Å². The normalized spacial score (nSPS) is 13.6. The van der Waals surface area contributed by atoms with Crippen molar-refractivity contribution in [3.8, 4) is 5.75 Å². The van der Waals surface area contributed by atoms with Crippen LogP contribution in [0.1, 0.15) is 23.8 Å². The number of hydrogen-bond donors (Lipinski definition) is 1. The summed E-state index contributed by atoms with van der Waals surface area (Å²) in [5.41, 5.74) is 2.40. The van der Waals surface area contributed by atoms with Crippen molar-refractivity contribution in [3.63, 3.8) is 0 Å². The van der Waals surface area contributed by atoms with Gasteiger partial charge in [-0.05, 0) is 43.5 Å². The SMILES string of the molecule is CCOc1ccc2c(c1)CN(C(=O)Nc1cc(C)on1)CC2. The molecule has 2 aromatic rings. The topological polar surface area (TPSA) is 67.6 Å². The number of hydrogen-bond acceptors (Lipinski definition) is 4. The molecular weight excluding hydrogens is 282 g/mol. The number of aromatic nitrogens is 1. The number of nitrogens with one attached hydrogen (secondary N) is 1. The van der Waals surface area contributed by atoms with E-state index in [1.54, 1.807) is 17.9 Å². The van der Waals surface area contributed by atoms with Gasteiger partial charge in [-0.25, -0.2) is 4.79 Å². The molecule has 0 saturated heterocycles. The summed E-state index contributed by atoms with van der Waals surface area (Å²) < 4.78 is 10.5. The van der Waals surface area contributed by atoms with Crippen LogP contribution in [0.25, 0.3) is 0 Å². The standard InChI is InChI=1S/C16H19N3O3/c1-3-21-14-5-4-12-6-7-19(10-13(12)9-14)16(20)17-15-8-11(2)22-18-15/h4-5,8-9H,3,6-7,10H2,1-2H3,(H,17,18,20). The maximum absolute atomic E-state index is 12.3. The van der Waals surface area contributed by atoms with Crippen LogP contribution >= 0.6 is 0 Å². The van der Waals surface area contributed by atoms with Crippen LogP contribution in [0, 0.1) is 6.92 Å². The van der Waals surface area contributed by atoms with Gasteiger partial charge in [0.25, 0.3) is 0 Å². The van der Waals surface area contributed by atoms with Crippen LogP contribution in [0.15, 0.2) is 28.8 Å². The van der Waals surface area contributed by atoms with E-state index in [4.69, 9.17) is 9.26 Å².